The van der Waals surface area contributed by atoms with Crippen molar-refractivity contribution in [2.24, 2.45) is 5.92 Å². The lowest BCUT2D eigenvalue weighted by Crippen LogP contribution is -2.36. The molecule has 0 spiro atoms. The third-order valence-electron chi connectivity index (χ3n) is 3.90. The van der Waals surface area contributed by atoms with Gasteiger partial charge in [0, 0.05) is 17.8 Å². The van der Waals surface area contributed by atoms with Gasteiger partial charge in [0.2, 0.25) is 5.91 Å². The lowest BCUT2D eigenvalue weighted by Gasteiger charge is -2.29. The molecule has 5 heteroatoms. The average molecular weight is 287 g/mol. The minimum Gasteiger partial charge on any atom is -0.468 e. The third-order valence-corrected chi connectivity index (χ3v) is 3.90. The zero-order valence-corrected chi connectivity index (χ0v) is 11.5. The normalized spacial score (nSPS) is 21.0. The number of carbonyl (C=O) groups is 2. The molecule has 0 aliphatic carbocycles. The van der Waals surface area contributed by atoms with E-state index in [1.165, 1.54) is 23.8 Å². The third kappa shape index (κ3) is 2.24. The summed E-state index contributed by atoms with van der Waals surface area (Å²) in [5.41, 5.74) is 1.68. The van der Waals surface area contributed by atoms with E-state index in [-0.39, 0.29) is 17.6 Å². The van der Waals surface area contributed by atoms with E-state index in [2.05, 4.69) is 0 Å². The van der Waals surface area contributed by atoms with Crippen LogP contribution in [0.3, 0.4) is 0 Å². The number of fused-ring (bicyclic) bond motifs is 1. The summed E-state index contributed by atoms with van der Waals surface area (Å²) in [4.78, 5) is 24.1. The molecule has 1 aliphatic rings. The molecule has 1 aromatic carbocycles. The highest BCUT2D eigenvalue weighted by atomic mass is 19.1. The van der Waals surface area contributed by atoms with Gasteiger partial charge in [-0.1, -0.05) is 12.1 Å². The SMILES string of the molecule is COC(=O)[C@@H]1C[C@@H](c2ccc(F)cc2)c2cccn2C1=O. The minimum absolute atomic E-state index is 0.137. The van der Waals surface area contributed by atoms with Gasteiger partial charge < -0.3 is 4.74 Å². The van der Waals surface area contributed by atoms with Crippen molar-refractivity contribution >= 4 is 11.9 Å². The summed E-state index contributed by atoms with van der Waals surface area (Å²) in [7, 11) is 1.27. The largest absolute Gasteiger partial charge is 0.468 e. The molecule has 0 unspecified atom stereocenters. The van der Waals surface area contributed by atoms with Gasteiger partial charge in [-0.2, -0.15) is 0 Å². The first kappa shape index (κ1) is 13.5. The Morgan fingerprint density at radius 3 is 2.67 bits per heavy atom. The van der Waals surface area contributed by atoms with Crippen LogP contribution in [0.2, 0.25) is 0 Å². The molecule has 21 heavy (non-hydrogen) atoms. The summed E-state index contributed by atoms with van der Waals surface area (Å²) >= 11 is 0. The van der Waals surface area contributed by atoms with Crippen LogP contribution in [-0.2, 0) is 9.53 Å². The van der Waals surface area contributed by atoms with Gasteiger partial charge in [-0.05, 0) is 36.2 Å². The van der Waals surface area contributed by atoms with Gasteiger partial charge in [0.05, 0.1) is 7.11 Å². The van der Waals surface area contributed by atoms with Crippen LogP contribution < -0.4 is 0 Å². The van der Waals surface area contributed by atoms with Crippen LogP contribution in [0.5, 0.6) is 0 Å². The fourth-order valence-corrected chi connectivity index (χ4v) is 2.85. The highest BCUT2D eigenvalue weighted by Gasteiger charge is 2.38. The Morgan fingerprint density at radius 2 is 2.00 bits per heavy atom. The van der Waals surface area contributed by atoms with Gasteiger partial charge in [-0.3, -0.25) is 14.2 Å². The fourth-order valence-electron chi connectivity index (χ4n) is 2.85. The Morgan fingerprint density at radius 1 is 1.29 bits per heavy atom. The number of hydrogen-bond donors (Lipinski definition) is 0. The van der Waals surface area contributed by atoms with Gasteiger partial charge in [-0.15, -0.1) is 0 Å². The van der Waals surface area contributed by atoms with E-state index in [1.807, 2.05) is 6.07 Å². The van der Waals surface area contributed by atoms with E-state index in [0.29, 0.717) is 6.42 Å². The molecule has 108 valence electrons. The second kappa shape index (κ2) is 5.16. The monoisotopic (exact) mass is 287 g/mol. The maximum Gasteiger partial charge on any atom is 0.318 e. The van der Waals surface area contributed by atoms with Crippen LogP contribution in [0, 0.1) is 11.7 Å². The molecule has 0 saturated heterocycles. The molecule has 1 aromatic heterocycles. The topological polar surface area (TPSA) is 48.3 Å². The molecule has 0 fully saturated rings. The molecule has 2 atom stereocenters. The molecule has 2 heterocycles. The molecule has 0 radical (unpaired) electrons. The zero-order chi connectivity index (χ0) is 15.0. The standard InChI is InChI=1S/C16H14FNO3/c1-21-16(20)13-9-12(10-4-6-11(17)7-5-10)14-3-2-8-18(14)15(13)19/h2-8,12-13H,9H2,1H3/t12-,13+/m0/s1. The van der Waals surface area contributed by atoms with Gasteiger partial charge >= 0.3 is 5.97 Å². The van der Waals surface area contributed by atoms with Crippen LogP contribution >= 0.6 is 0 Å². The Balaban J connectivity index is 2.05. The summed E-state index contributed by atoms with van der Waals surface area (Å²) < 4.78 is 19.3. The second-order valence-electron chi connectivity index (χ2n) is 5.06. The minimum atomic E-state index is -0.829. The highest BCUT2D eigenvalue weighted by molar-refractivity contribution is 6.00. The second-order valence-corrected chi connectivity index (χ2v) is 5.06. The lowest BCUT2D eigenvalue weighted by atomic mass is 9.83. The van der Waals surface area contributed by atoms with Crippen molar-refractivity contribution in [1.82, 2.24) is 4.57 Å². The number of halogens is 1. The Bertz CT molecular complexity index is 690. The number of rotatable bonds is 2. The van der Waals surface area contributed by atoms with Crippen molar-refractivity contribution in [3.05, 3.63) is 59.7 Å². The molecule has 0 amide bonds. The van der Waals surface area contributed by atoms with E-state index in [4.69, 9.17) is 4.74 Å². The molecule has 0 bridgehead atoms. The van der Waals surface area contributed by atoms with Crippen LogP contribution in [-0.4, -0.2) is 23.6 Å². The van der Waals surface area contributed by atoms with Gasteiger partial charge in [0.15, 0.2) is 0 Å². The maximum absolute atomic E-state index is 13.1. The Hall–Kier alpha value is -2.43. The predicted octanol–water partition coefficient (Wildman–Crippen LogP) is 2.59. The molecular formula is C16H14FNO3. The first-order valence-electron chi connectivity index (χ1n) is 6.66. The molecule has 3 rings (SSSR count). The number of ether oxygens (including phenoxy) is 1. The number of hydrogen-bond acceptors (Lipinski definition) is 3. The first-order chi connectivity index (χ1) is 10.1. The van der Waals surface area contributed by atoms with Crippen molar-refractivity contribution < 1.29 is 18.7 Å². The van der Waals surface area contributed by atoms with Crippen LogP contribution in [0.25, 0.3) is 0 Å². The number of benzene rings is 1. The number of nitrogens with zero attached hydrogens (tertiary/aromatic N) is 1. The first-order valence-corrected chi connectivity index (χ1v) is 6.66. The summed E-state index contributed by atoms with van der Waals surface area (Å²) in [6, 6.07) is 9.74. The quantitative estimate of drug-likeness (QED) is 0.630. The number of methoxy groups -OCH3 is 1. The number of carbonyl (C=O) groups excluding carboxylic acids is 2. The van der Waals surface area contributed by atoms with Gasteiger partial charge in [0.1, 0.15) is 11.7 Å². The summed E-state index contributed by atoms with van der Waals surface area (Å²) in [6.07, 6.45) is 1.98. The molecule has 1 aliphatic heterocycles. The highest BCUT2D eigenvalue weighted by Crippen LogP contribution is 2.36. The average Bonchev–Trinajstić information content (AvgIpc) is 2.98. The van der Waals surface area contributed by atoms with E-state index >= 15 is 0 Å². The van der Waals surface area contributed by atoms with Crippen LogP contribution in [0.1, 0.15) is 28.4 Å². The van der Waals surface area contributed by atoms with Crippen molar-refractivity contribution in [3.8, 4) is 0 Å². The van der Waals surface area contributed by atoms with Crippen molar-refractivity contribution in [2.75, 3.05) is 7.11 Å². The van der Waals surface area contributed by atoms with Crippen molar-refractivity contribution in [1.29, 1.82) is 0 Å². The molecule has 2 aromatic rings. The molecule has 0 N–H and O–H groups in total. The van der Waals surface area contributed by atoms with E-state index in [0.717, 1.165) is 11.3 Å². The van der Waals surface area contributed by atoms with Crippen LogP contribution in [0.15, 0.2) is 42.6 Å². The van der Waals surface area contributed by atoms with Gasteiger partial charge in [0.25, 0.3) is 0 Å². The van der Waals surface area contributed by atoms with Crippen molar-refractivity contribution in [3.63, 3.8) is 0 Å². The van der Waals surface area contributed by atoms with Gasteiger partial charge in [-0.25, -0.2) is 4.39 Å². The summed E-state index contributed by atoms with van der Waals surface area (Å²) in [6.45, 7) is 0. The molecule has 0 saturated carbocycles. The summed E-state index contributed by atoms with van der Waals surface area (Å²) in [5, 5.41) is 0. The van der Waals surface area contributed by atoms with E-state index in [1.54, 1.807) is 24.4 Å². The van der Waals surface area contributed by atoms with Crippen LogP contribution in [0.4, 0.5) is 4.39 Å². The number of esters is 1. The summed E-state index contributed by atoms with van der Waals surface area (Å²) in [5.74, 6) is -2.09. The smallest absolute Gasteiger partial charge is 0.318 e. The number of aromatic nitrogens is 1. The molecule has 4 nitrogen and oxygen atoms in total. The van der Waals surface area contributed by atoms with Crippen molar-refractivity contribution in [2.45, 2.75) is 12.3 Å². The van der Waals surface area contributed by atoms with E-state index in [9.17, 15) is 14.0 Å². The Kier molecular flexibility index (Phi) is 3.33. The fraction of sp³-hybridized carbons (Fsp3) is 0.250. The molecular weight excluding hydrogens is 273 g/mol. The zero-order valence-electron chi connectivity index (χ0n) is 11.5. The lowest BCUT2D eigenvalue weighted by molar-refractivity contribution is -0.144. The maximum atomic E-state index is 13.1. The predicted molar refractivity (Wildman–Crippen MR) is 73.4 cm³/mol. The van der Waals surface area contributed by atoms with E-state index < -0.39 is 11.9 Å². The Labute approximate surface area is 121 Å².